The zero-order valence-corrected chi connectivity index (χ0v) is 19.0. The average Bonchev–Trinajstić information content (AvgIpc) is 3.22. The number of hydrogen-bond donors (Lipinski definition) is 1. The van der Waals surface area contributed by atoms with Crippen molar-refractivity contribution < 1.29 is 8.42 Å². The lowest BCUT2D eigenvalue weighted by atomic mass is 10.2. The van der Waals surface area contributed by atoms with Crippen LogP contribution in [0.4, 0.5) is 0 Å². The Bertz CT molecular complexity index is 738. The molecule has 1 aromatic heterocycles. The van der Waals surface area contributed by atoms with Crippen molar-refractivity contribution in [2.75, 3.05) is 25.9 Å². The molecule has 1 aromatic rings. The molecule has 2 heterocycles. The molecular formula is C17H30IN5O2S. The lowest BCUT2D eigenvalue weighted by Gasteiger charge is -2.39. The van der Waals surface area contributed by atoms with Gasteiger partial charge in [0.05, 0.1) is 28.8 Å². The van der Waals surface area contributed by atoms with E-state index in [1.165, 1.54) is 25.7 Å². The van der Waals surface area contributed by atoms with E-state index in [0.29, 0.717) is 25.7 Å². The van der Waals surface area contributed by atoms with Crippen molar-refractivity contribution in [3.05, 3.63) is 18.0 Å². The van der Waals surface area contributed by atoms with Crippen molar-refractivity contribution in [3.8, 4) is 0 Å². The van der Waals surface area contributed by atoms with Gasteiger partial charge in [-0.3, -0.25) is 9.67 Å². The van der Waals surface area contributed by atoms with E-state index in [1.807, 2.05) is 11.0 Å². The average molecular weight is 495 g/mol. The second kappa shape index (κ2) is 8.45. The van der Waals surface area contributed by atoms with Crippen LogP contribution in [0.5, 0.6) is 0 Å². The number of guanidine groups is 1. The molecule has 0 aromatic carbocycles. The maximum atomic E-state index is 12.2. The summed E-state index contributed by atoms with van der Waals surface area (Å²) in [5, 5.41) is 8.01. The Morgan fingerprint density at radius 3 is 2.69 bits per heavy atom. The van der Waals surface area contributed by atoms with Gasteiger partial charge in [0.1, 0.15) is 0 Å². The fourth-order valence-corrected chi connectivity index (χ4v) is 5.04. The fraction of sp³-hybridized carbons (Fsp3) is 0.765. The third-order valence-corrected chi connectivity index (χ3v) is 7.88. The van der Waals surface area contributed by atoms with Gasteiger partial charge in [-0.2, -0.15) is 5.10 Å². The van der Waals surface area contributed by atoms with Crippen LogP contribution in [0.2, 0.25) is 0 Å². The summed E-state index contributed by atoms with van der Waals surface area (Å²) < 4.78 is 25.7. The van der Waals surface area contributed by atoms with Crippen molar-refractivity contribution in [1.82, 2.24) is 20.0 Å². The molecule has 26 heavy (non-hydrogen) atoms. The van der Waals surface area contributed by atoms with Crippen molar-refractivity contribution in [1.29, 1.82) is 0 Å². The molecule has 2 fully saturated rings. The van der Waals surface area contributed by atoms with Crippen LogP contribution in [0.25, 0.3) is 0 Å². The van der Waals surface area contributed by atoms with Gasteiger partial charge in [0.15, 0.2) is 15.8 Å². The van der Waals surface area contributed by atoms with E-state index in [9.17, 15) is 8.42 Å². The number of nitrogens with zero attached hydrogens (tertiary/aromatic N) is 4. The predicted molar refractivity (Wildman–Crippen MR) is 115 cm³/mol. The van der Waals surface area contributed by atoms with Crippen LogP contribution in [-0.2, 0) is 16.4 Å². The number of rotatable bonds is 3. The minimum absolute atomic E-state index is 0. The number of aromatic nitrogens is 2. The maximum absolute atomic E-state index is 12.2. The Labute approximate surface area is 173 Å². The van der Waals surface area contributed by atoms with Gasteiger partial charge in [-0.1, -0.05) is 12.8 Å². The zero-order chi connectivity index (χ0) is 18.1. The molecule has 0 spiro atoms. The fourth-order valence-electron chi connectivity index (χ4n) is 3.67. The normalized spacial score (nSPS) is 22.9. The first-order valence-electron chi connectivity index (χ1n) is 9.04. The van der Waals surface area contributed by atoms with E-state index in [1.54, 1.807) is 20.9 Å². The quantitative estimate of drug-likeness (QED) is 0.395. The molecule has 0 radical (unpaired) electrons. The van der Waals surface area contributed by atoms with Gasteiger partial charge in [-0.15, -0.1) is 24.0 Å². The molecule has 0 amide bonds. The van der Waals surface area contributed by atoms with E-state index in [-0.39, 0.29) is 29.7 Å². The third-order valence-electron chi connectivity index (χ3n) is 5.34. The van der Waals surface area contributed by atoms with Crippen molar-refractivity contribution in [2.24, 2.45) is 4.99 Å². The van der Waals surface area contributed by atoms with Gasteiger partial charge in [0.2, 0.25) is 0 Å². The highest BCUT2D eigenvalue weighted by atomic mass is 127. The Morgan fingerprint density at radius 2 is 2.08 bits per heavy atom. The summed E-state index contributed by atoms with van der Waals surface area (Å²) in [4.78, 5) is 6.35. The Kier molecular flexibility index (Phi) is 6.98. The number of nitrogens with one attached hydrogen (secondary N) is 1. The van der Waals surface area contributed by atoms with Gasteiger partial charge in [-0.25, -0.2) is 8.42 Å². The lowest BCUT2D eigenvalue weighted by Crippen LogP contribution is -2.57. The van der Waals surface area contributed by atoms with Gasteiger partial charge in [0, 0.05) is 26.3 Å². The molecule has 9 heteroatoms. The first-order valence-corrected chi connectivity index (χ1v) is 10.7. The summed E-state index contributed by atoms with van der Waals surface area (Å²) in [5.74, 6) is 0.898. The van der Waals surface area contributed by atoms with E-state index >= 15 is 0 Å². The molecule has 1 saturated carbocycles. The maximum Gasteiger partial charge on any atom is 0.194 e. The van der Waals surface area contributed by atoms with Crippen LogP contribution < -0.4 is 5.32 Å². The second-order valence-corrected chi connectivity index (χ2v) is 10.4. The minimum atomic E-state index is -3.05. The molecule has 2 aliphatic rings. The second-order valence-electron chi connectivity index (χ2n) is 7.63. The largest absolute Gasteiger partial charge is 0.351 e. The van der Waals surface area contributed by atoms with Crippen molar-refractivity contribution in [3.63, 3.8) is 0 Å². The summed E-state index contributed by atoms with van der Waals surface area (Å²) in [7, 11) is -1.32. The lowest BCUT2D eigenvalue weighted by molar-refractivity contribution is 0.353. The van der Waals surface area contributed by atoms with Crippen LogP contribution in [-0.4, -0.2) is 59.7 Å². The number of halogens is 1. The SMILES string of the molecule is CN=C(NCc1ccn(C2CCCC2)n1)N1CCS(=O)(=O)C(C)(C)C1.I. The monoisotopic (exact) mass is 495 g/mol. The van der Waals surface area contributed by atoms with Gasteiger partial charge < -0.3 is 10.2 Å². The van der Waals surface area contributed by atoms with Crippen LogP contribution in [0.1, 0.15) is 51.3 Å². The summed E-state index contributed by atoms with van der Waals surface area (Å²) in [6.07, 6.45) is 7.07. The molecule has 1 aliphatic heterocycles. The molecule has 148 valence electrons. The van der Waals surface area contributed by atoms with Crippen LogP contribution in [0.15, 0.2) is 17.3 Å². The van der Waals surface area contributed by atoms with E-state index in [0.717, 1.165) is 11.7 Å². The van der Waals surface area contributed by atoms with Crippen molar-refractivity contribution >= 4 is 39.8 Å². The number of sulfone groups is 1. The third kappa shape index (κ3) is 4.52. The molecule has 1 N–H and O–H groups in total. The van der Waals surface area contributed by atoms with Gasteiger partial charge in [-0.05, 0) is 32.8 Å². The first kappa shape index (κ1) is 21.5. The minimum Gasteiger partial charge on any atom is -0.351 e. The Hall–Kier alpha value is -0.840. The van der Waals surface area contributed by atoms with Crippen LogP contribution in [0, 0.1) is 0 Å². The first-order chi connectivity index (χ1) is 11.8. The smallest absolute Gasteiger partial charge is 0.194 e. The standard InChI is InChI=1S/C17H29N5O2S.HI/c1-17(2)13-21(10-11-25(17,23)24)16(18-3)19-12-14-8-9-22(20-14)15-6-4-5-7-15;/h8-9,15H,4-7,10-13H2,1-3H3,(H,18,19);1H. The molecule has 0 atom stereocenters. The molecule has 0 bridgehead atoms. The van der Waals surface area contributed by atoms with E-state index in [4.69, 9.17) is 0 Å². The molecule has 7 nitrogen and oxygen atoms in total. The highest BCUT2D eigenvalue weighted by molar-refractivity contribution is 14.0. The summed E-state index contributed by atoms with van der Waals surface area (Å²) in [6, 6.07) is 2.59. The van der Waals surface area contributed by atoms with Gasteiger partial charge >= 0.3 is 0 Å². The molecule has 1 saturated heterocycles. The highest BCUT2D eigenvalue weighted by Gasteiger charge is 2.40. The Morgan fingerprint density at radius 1 is 1.38 bits per heavy atom. The predicted octanol–water partition coefficient (Wildman–Crippen LogP) is 2.20. The molecular weight excluding hydrogens is 465 g/mol. The van der Waals surface area contributed by atoms with Crippen LogP contribution in [0.3, 0.4) is 0 Å². The van der Waals surface area contributed by atoms with E-state index in [2.05, 4.69) is 26.3 Å². The highest BCUT2D eigenvalue weighted by Crippen LogP contribution is 2.28. The van der Waals surface area contributed by atoms with Gasteiger partial charge in [0.25, 0.3) is 0 Å². The Balaban J connectivity index is 0.00000243. The molecule has 0 unspecified atom stereocenters. The number of aliphatic imine (C=N–C) groups is 1. The van der Waals surface area contributed by atoms with E-state index < -0.39 is 14.6 Å². The number of hydrogen-bond acceptors (Lipinski definition) is 4. The summed E-state index contributed by atoms with van der Waals surface area (Å²) in [6.45, 7) is 5.08. The zero-order valence-electron chi connectivity index (χ0n) is 15.8. The molecule has 3 rings (SSSR count). The summed E-state index contributed by atoms with van der Waals surface area (Å²) in [5.41, 5.74) is 0.983. The summed E-state index contributed by atoms with van der Waals surface area (Å²) >= 11 is 0. The topological polar surface area (TPSA) is 79.6 Å². The molecule has 1 aliphatic carbocycles. The van der Waals surface area contributed by atoms with Crippen molar-refractivity contribution in [2.45, 2.75) is 56.9 Å². The van der Waals surface area contributed by atoms with Crippen LogP contribution >= 0.6 is 24.0 Å².